The zero-order chi connectivity index (χ0) is 30.5. The third-order valence-corrected chi connectivity index (χ3v) is 8.37. The summed E-state index contributed by atoms with van der Waals surface area (Å²) in [5.41, 5.74) is 0.259. The van der Waals surface area contributed by atoms with E-state index in [9.17, 15) is 4.79 Å². The van der Waals surface area contributed by atoms with Crippen LogP contribution in [0.3, 0.4) is 0 Å². The number of carbonyl (C=O) groups is 1. The van der Waals surface area contributed by atoms with Crippen molar-refractivity contribution < 1.29 is 23.5 Å². The summed E-state index contributed by atoms with van der Waals surface area (Å²) < 4.78 is 21.1. The van der Waals surface area contributed by atoms with Crippen LogP contribution in [0.5, 0.6) is 11.6 Å². The highest BCUT2D eigenvalue weighted by atomic mass is 31.1. The van der Waals surface area contributed by atoms with Crippen molar-refractivity contribution in [2.75, 3.05) is 20.3 Å². The number of para-hydroxylation sites is 1. The van der Waals surface area contributed by atoms with Crippen molar-refractivity contribution in [2.45, 2.75) is 26.4 Å². The van der Waals surface area contributed by atoms with Crippen LogP contribution in [0.15, 0.2) is 126 Å². The predicted molar refractivity (Wildman–Crippen MR) is 173 cm³/mol. The van der Waals surface area contributed by atoms with E-state index in [0.29, 0.717) is 23.9 Å². The Morgan fingerprint density at radius 1 is 0.791 bits per heavy atom. The third kappa shape index (κ3) is 9.73. The average Bonchev–Trinajstić information content (AvgIpc) is 3.49. The lowest BCUT2D eigenvalue weighted by Crippen LogP contribution is -2.34. The molecule has 1 amide bonds. The van der Waals surface area contributed by atoms with Gasteiger partial charge in [0.25, 0.3) is 5.88 Å². The lowest BCUT2D eigenvalue weighted by atomic mass is 10.1. The van der Waals surface area contributed by atoms with Crippen molar-refractivity contribution >= 4 is 29.9 Å². The number of alkyl carbamates (subject to hydrolysis) is 1. The molecule has 0 saturated heterocycles. The van der Waals surface area contributed by atoms with Crippen LogP contribution < -0.4 is 30.7 Å². The lowest BCUT2D eigenvalue weighted by molar-refractivity contribution is 0.0519. The van der Waals surface area contributed by atoms with Gasteiger partial charge in [0, 0.05) is 6.07 Å². The molecule has 0 fully saturated rings. The van der Waals surface area contributed by atoms with E-state index in [1.165, 1.54) is 15.9 Å². The first kappa shape index (κ1) is 31.3. The van der Waals surface area contributed by atoms with E-state index >= 15 is 0 Å². The topological polar surface area (TPSA) is 82.8 Å². The zero-order valence-electron chi connectivity index (χ0n) is 24.9. The van der Waals surface area contributed by atoms with Gasteiger partial charge < -0.3 is 24.1 Å². The fourth-order valence-corrected chi connectivity index (χ4v) is 6.41. The Morgan fingerprint density at radius 2 is 1.30 bits per heavy atom. The summed E-state index contributed by atoms with van der Waals surface area (Å²) in [4.78, 5) is 11.5. The van der Waals surface area contributed by atoms with Gasteiger partial charge in [0.2, 0.25) is 0 Å². The second-order valence-electron chi connectivity index (χ2n) is 10.3. The summed E-state index contributed by atoms with van der Waals surface area (Å²) >= 11 is 0. The van der Waals surface area contributed by atoms with Crippen molar-refractivity contribution in [2.24, 2.45) is 0 Å². The van der Waals surface area contributed by atoms with Gasteiger partial charge in [-0.1, -0.05) is 103 Å². The normalized spacial score (nSPS) is 10.8. The second-order valence-corrected chi connectivity index (χ2v) is 12.6. The van der Waals surface area contributed by atoms with Crippen LogP contribution in [0, 0.1) is 0 Å². The fraction of sp³-hybridized carbons (Fsp3) is 0.200. The van der Waals surface area contributed by atoms with Crippen molar-refractivity contribution in [3.63, 3.8) is 0 Å². The molecule has 1 aromatic heterocycles. The minimum absolute atomic E-state index is 0.247. The Bertz CT molecular complexity index is 1440. The van der Waals surface area contributed by atoms with Gasteiger partial charge in [0.1, 0.15) is 18.0 Å². The van der Waals surface area contributed by atoms with Gasteiger partial charge in [-0.2, -0.15) is 0 Å². The molecule has 7 nitrogen and oxygen atoms in total. The van der Waals surface area contributed by atoms with Crippen LogP contribution in [0.1, 0.15) is 20.8 Å². The molecule has 43 heavy (non-hydrogen) atoms. The molecule has 0 spiro atoms. The predicted octanol–water partition coefficient (Wildman–Crippen LogP) is 6.70. The van der Waals surface area contributed by atoms with E-state index in [0.717, 1.165) is 5.56 Å². The first-order chi connectivity index (χ1) is 20.8. The van der Waals surface area contributed by atoms with E-state index in [4.69, 9.17) is 18.7 Å². The highest BCUT2D eigenvalue weighted by Gasteiger charge is 2.17. The van der Waals surface area contributed by atoms with E-state index in [1.54, 1.807) is 33.9 Å². The molecule has 5 rings (SSSR count). The van der Waals surface area contributed by atoms with E-state index in [1.807, 2.05) is 24.3 Å². The van der Waals surface area contributed by atoms with E-state index in [-0.39, 0.29) is 6.61 Å². The zero-order valence-corrected chi connectivity index (χ0v) is 25.8. The number of hydrogen-bond donors (Lipinski definition) is 1. The molecule has 1 N–H and O–H groups in total. The quantitative estimate of drug-likeness (QED) is 0.151. The number of amides is 1. The molecular weight excluding hydrogens is 559 g/mol. The van der Waals surface area contributed by atoms with E-state index < -0.39 is 19.6 Å². The number of nitrogens with one attached hydrogen (secondary N) is 1. The smallest absolute Gasteiger partial charge is 0.407 e. The van der Waals surface area contributed by atoms with Gasteiger partial charge in [0.05, 0.1) is 19.2 Å². The fourth-order valence-electron chi connectivity index (χ4n) is 4.10. The Kier molecular flexibility index (Phi) is 11.3. The second kappa shape index (κ2) is 15.6. The monoisotopic (exact) mass is 596 g/mol. The highest BCUT2D eigenvalue weighted by Crippen LogP contribution is 2.32. The molecule has 0 aliphatic heterocycles. The van der Waals surface area contributed by atoms with Crippen LogP contribution in [0.2, 0.25) is 0 Å². The number of aromatic nitrogens is 1. The molecule has 0 radical (unpaired) electrons. The van der Waals surface area contributed by atoms with Gasteiger partial charge >= 0.3 is 6.09 Å². The van der Waals surface area contributed by atoms with Gasteiger partial charge in [-0.25, -0.2) is 4.79 Å². The summed E-state index contributed by atoms with van der Waals surface area (Å²) in [5, 5.41) is 10.6. The molecule has 0 atom stereocenters. The largest absolute Gasteiger partial charge is 0.496 e. The Morgan fingerprint density at radius 3 is 1.81 bits per heavy atom. The number of ether oxygens (including phenoxy) is 3. The highest BCUT2D eigenvalue weighted by molar-refractivity contribution is 7.79. The molecule has 5 aromatic rings. The molecule has 0 unspecified atom stereocenters. The van der Waals surface area contributed by atoms with Crippen LogP contribution in [0.4, 0.5) is 4.79 Å². The number of benzene rings is 4. The molecule has 4 aromatic carbocycles. The number of methoxy groups -OCH3 is 1. The number of rotatable bonds is 9. The minimum Gasteiger partial charge on any atom is -0.496 e. The molecule has 0 aliphatic rings. The first-order valence-electron chi connectivity index (χ1n) is 14.0. The molecule has 0 aliphatic carbocycles. The Balaban J connectivity index is 0.000000202. The minimum atomic E-state index is -0.527. The van der Waals surface area contributed by atoms with Gasteiger partial charge in [-0.05, 0) is 61.9 Å². The van der Waals surface area contributed by atoms with E-state index in [2.05, 4.69) is 101 Å². The first-order valence-corrected chi connectivity index (χ1v) is 15.3. The van der Waals surface area contributed by atoms with Crippen molar-refractivity contribution in [3.05, 3.63) is 121 Å². The van der Waals surface area contributed by atoms with Crippen molar-refractivity contribution in [1.29, 1.82) is 0 Å². The maximum Gasteiger partial charge on any atom is 0.407 e. The van der Waals surface area contributed by atoms with Gasteiger partial charge in [0.15, 0.2) is 5.76 Å². The number of nitrogens with zero attached hydrogens (tertiary/aromatic N) is 1. The van der Waals surface area contributed by atoms with Gasteiger partial charge in [-0.15, -0.1) is 0 Å². The van der Waals surface area contributed by atoms with Crippen LogP contribution in [-0.2, 0) is 4.74 Å². The SMILES string of the molecule is COc1ccccc1-c1cc(OCCNC(=O)OC(C)(C)C)no1.c1ccc(P(c2ccccc2)c2ccccc2)cc1. The summed E-state index contributed by atoms with van der Waals surface area (Å²) in [7, 11) is 1.15. The molecule has 222 valence electrons. The van der Waals surface area contributed by atoms with Crippen LogP contribution >= 0.6 is 7.92 Å². The molecule has 0 bridgehead atoms. The molecule has 0 saturated carbocycles. The Hall–Kier alpha value is -4.61. The van der Waals surface area contributed by atoms with Crippen molar-refractivity contribution in [3.8, 4) is 23.0 Å². The van der Waals surface area contributed by atoms with Crippen molar-refractivity contribution in [1.82, 2.24) is 10.5 Å². The molecule has 8 heteroatoms. The Labute approximate surface area is 254 Å². The summed E-state index contributed by atoms with van der Waals surface area (Å²) in [6.45, 7) is 5.95. The number of hydrogen-bond acceptors (Lipinski definition) is 6. The standard InChI is InChI=1S/C18H15P.C17H22N2O5/c1-4-10-16(11-5-1)19(17-12-6-2-7-13-17)18-14-8-3-9-15-18;1-17(2,3)23-16(20)18-9-10-22-15-11-14(24-19-15)12-7-5-6-8-13(12)21-4/h1-15H;5-8,11H,9-10H2,1-4H3,(H,18,20). The molecular formula is C35H37N2O5P. The summed E-state index contributed by atoms with van der Waals surface area (Å²) in [6.07, 6.45) is -0.485. The maximum absolute atomic E-state index is 11.5. The van der Waals surface area contributed by atoms with Crippen LogP contribution in [-0.4, -0.2) is 37.1 Å². The number of carbonyl (C=O) groups excluding carboxylic acids is 1. The van der Waals surface area contributed by atoms with Crippen LogP contribution in [0.25, 0.3) is 11.3 Å². The maximum atomic E-state index is 11.5. The third-order valence-electron chi connectivity index (χ3n) is 5.92. The lowest BCUT2D eigenvalue weighted by Gasteiger charge is -2.19. The summed E-state index contributed by atoms with van der Waals surface area (Å²) in [5.74, 6) is 1.57. The summed E-state index contributed by atoms with van der Waals surface area (Å²) in [6, 6.07) is 41.5. The van der Waals surface area contributed by atoms with Gasteiger partial charge in [-0.3, -0.25) is 0 Å². The average molecular weight is 597 g/mol. The molecule has 1 heterocycles.